The Labute approximate surface area is 188 Å². The first kappa shape index (κ1) is 22.3. The van der Waals surface area contributed by atoms with Gasteiger partial charge in [0.25, 0.3) is 5.56 Å². The van der Waals surface area contributed by atoms with Crippen LogP contribution in [0.5, 0.6) is 0 Å². The average molecular weight is 433 g/mol. The number of esters is 1. The number of hydrogen-bond acceptors (Lipinski definition) is 5. The summed E-state index contributed by atoms with van der Waals surface area (Å²) in [5.74, 6) is -0.402. The highest BCUT2D eigenvalue weighted by Crippen LogP contribution is 2.37. The van der Waals surface area contributed by atoms with Crippen molar-refractivity contribution in [2.24, 2.45) is 0 Å². The first-order valence-corrected chi connectivity index (χ1v) is 10.7. The SMILES string of the molecule is CC(=O)OCc1c(B2OC(C)(C)C(C)(C)O2)cccc1-n1ccc2cc(C)ccc2c1=O. The van der Waals surface area contributed by atoms with Gasteiger partial charge in [-0.25, -0.2) is 0 Å². The first-order chi connectivity index (χ1) is 15.0. The van der Waals surface area contributed by atoms with Crippen molar-refractivity contribution in [1.82, 2.24) is 4.57 Å². The summed E-state index contributed by atoms with van der Waals surface area (Å²) in [6.07, 6.45) is 1.75. The van der Waals surface area contributed by atoms with E-state index in [1.165, 1.54) is 6.92 Å². The Bertz CT molecular complexity index is 1240. The third kappa shape index (κ3) is 3.87. The highest BCUT2D eigenvalue weighted by atomic mass is 16.7. The lowest BCUT2D eigenvalue weighted by Gasteiger charge is -2.32. The number of benzene rings is 2. The van der Waals surface area contributed by atoms with Gasteiger partial charge in [0.15, 0.2) is 0 Å². The number of carbonyl (C=O) groups is 1. The number of carbonyl (C=O) groups excluding carboxylic acids is 1. The number of hydrogen-bond donors (Lipinski definition) is 0. The molecule has 0 N–H and O–H groups in total. The summed E-state index contributed by atoms with van der Waals surface area (Å²) in [4.78, 5) is 25.0. The van der Waals surface area contributed by atoms with E-state index in [1.54, 1.807) is 10.8 Å². The van der Waals surface area contributed by atoms with Crippen molar-refractivity contribution in [1.29, 1.82) is 0 Å². The van der Waals surface area contributed by atoms with Gasteiger partial charge < -0.3 is 14.0 Å². The van der Waals surface area contributed by atoms with E-state index in [0.717, 1.165) is 16.4 Å². The Morgan fingerprint density at radius 3 is 2.41 bits per heavy atom. The Kier molecular flexibility index (Phi) is 5.51. The standard InChI is InChI=1S/C25H28BNO5/c1-16-10-11-19-18(14-16)12-13-27(23(19)29)22-9-7-8-21(20(22)15-30-17(2)28)26-31-24(3,4)25(5,6)32-26/h7-14H,15H2,1-6H3. The van der Waals surface area contributed by atoms with Gasteiger partial charge in [-0.3, -0.25) is 14.2 Å². The van der Waals surface area contributed by atoms with E-state index in [1.807, 2.05) is 77.1 Å². The number of nitrogens with zero attached hydrogens (tertiary/aromatic N) is 1. The maximum atomic E-state index is 13.4. The molecule has 0 amide bonds. The minimum Gasteiger partial charge on any atom is -0.461 e. The molecule has 0 aliphatic carbocycles. The molecule has 1 fully saturated rings. The van der Waals surface area contributed by atoms with E-state index in [-0.39, 0.29) is 12.2 Å². The summed E-state index contributed by atoms with van der Waals surface area (Å²) in [5.41, 5.74) is 1.94. The molecule has 2 aromatic carbocycles. The number of aryl methyl sites for hydroxylation is 1. The van der Waals surface area contributed by atoms with Gasteiger partial charge in [0, 0.05) is 24.1 Å². The van der Waals surface area contributed by atoms with E-state index in [0.29, 0.717) is 16.6 Å². The van der Waals surface area contributed by atoms with Gasteiger partial charge in [0.05, 0.1) is 16.9 Å². The fourth-order valence-corrected chi connectivity index (χ4v) is 3.90. The van der Waals surface area contributed by atoms with E-state index in [2.05, 4.69) is 0 Å². The van der Waals surface area contributed by atoms with Crippen LogP contribution in [0.3, 0.4) is 0 Å². The molecule has 7 heteroatoms. The Morgan fingerprint density at radius 2 is 1.75 bits per heavy atom. The van der Waals surface area contributed by atoms with Crippen LogP contribution in [0.4, 0.5) is 0 Å². The molecule has 0 spiro atoms. The lowest BCUT2D eigenvalue weighted by Crippen LogP contribution is -2.41. The first-order valence-electron chi connectivity index (χ1n) is 10.7. The molecule has 1 aliphatic heterocycles. The maximum Gasteiger partial charge on any atom is 0.495 e. The molecule has 1 saturated heterocycles. The van der Waals surface area contributed by atoms with Gasteiger partial charge in [-0.15, -0.1) is 0 Å². The molecule has 0 saturated carbocycles. The molecule has 2 heterocycles. The van der Waals surface area contributed by atoms with Crippen LogP contribution in [0.15, 0.2) is 53.5 Å². The lowest BCUT2D eigenvalue weighted by atomic mass is 9.75. The molecule has 0 bridgehead atoms. The molecule has 166 valence electrons. The van der Waals surface area contributed by atoms with Crippen LogP contribution in [0.25, 0.3) is 16.5 Å². The van der Waals surface area contributed by atoms with Gasteiger partial charge in [-0.1, -0.05) is 29.8 Å². The maximum absolute atomic E-state index is 13.4. The smallest absolute Gasteiger partial charge is 0.461 e. The molecular weight excluding hydrogens is 405 g/mol. The largest absolute Gasteiger partial charge is 0.495 e. The predicted octanol–water partition coefficient (Wildman–Crippen LogP) is 3.66. The number of fused-ring (bicyclic) bond motifs is 1. The van der Waals surface area contributed by atoms with E-state index in [4.69, 9.17) is 14.0 Å². The van der Waals surface area contributed by atoms with Crippen LogP contribution >= 0.6 is 0 Å². The summed E-state index contributed by atoms with van der Waals surface area (Å²) < 4.78 is 19.5. The highest BCUT2D eigenvalue weighted by molar-refractivity contribution is 6.62. The minimum absolute atomic E-state index is 0.00327. The fraction of sp³-hybridized carbons (Fsp3) is 0.360. The number of ether oxygens (including phenoxy) is 1. The van der Waals surface area contributed by atoms with Gasteiger partial charge >= 0.3 is 13.1 Å². The van der Waals surface area contributed by atoms with Gasteiger partial charge in [0.2, 0.25) is 0 Å². The molecule has 6 nitrogen and oxygen atoms in total. The van der Waals surface area contributed by atoms with Crippen molar-refractivity contribution in [2.75, 3.05) is 0 Å². The summed E-state index contributed by atoms with van der Waals surface area (Å²) in [5, 5.41) is 1.51. The Hall–Kier alpha value is -2.90. The molecule has 32 heavy (non-hydrogen) atoms. The highest BCUT2D eigenvalue weighted by Gasteiger charge is 2.52. The lowest BCUT2D eigenvalue weighted by molar-refractivity contribution is -0.142. The zero-order chi connectivity index (χ0) is 23.3. The number of rotatable bonds is 4. The van der Waals surface area contributed by atoms with Crippen molar-refractivity contribution >= 4 is 29.3 Å². The molecule has 0 radical (unpaired) electrons. The molecular formula is C25H28BNO5. The summed E-state index contributed by atoms with van der Waals surface area (Å²) in [6.45, 7) is 11.3. The molecule has 1 aromatic heterocycles. The Morgan fingerprint density at radius 1 is 1.06 bits per heavy atom. The van der Waals surface area contributed by atoms with Crippen LogP contribution in [0.2, 0.25) is 0 Å². The summed E-state index contributed by atoms with van der Waals surface area (Å²) >= 11 is 0. The molecule has 1 aliphatic rings. The van der Waals surface area contributed by atoms with Crippen LogP contribution in [0.1, 0.15) is 45.7 Å². The zero-order valence-corrected chi connectivity index (χ0v) is 19.4. The van der Waals surface area contributed by atoms with Crippen LogP contribution in [-0.4, -0.2) is 28.9 Å². The minimum atomic E-state index is -0.649. The van der Waals surface area contributed by atoms with Gasteiger partial charge in [-0.05, 0) is 63.7 Å². The van der Waals surface area contributed by atoms with Crippen LogP contribution in [0, 0.1) is 6.92 Å². The summed E-state index contributed by atoms with van der Waals surface area (Å²) in [6, 6.07) is 13.3. The molecule has 3 aromatic rings. The van der Waals surface area contributed by atoms with Gasteiger partial charge in [-0.2, -0.15) is 0 Å². The summed E-state index contributed by atoms with van der Waals surface area (Å²) in [7, 11) is -0.649. The van der Waals surface area contributed by atoms with Crippen molar-refractivity contribution in [3.63, 3.8) is 0 Å². The second-order valence-electron chi connectivity index (χ2n) is 9.30. The van der Waals surface area contributed by atoms with E-state index >= 15 is 0 Å². The predicted molar refractivity (Wildman–Crippen MR) is 125 cm³/mol. The number of aromatic nitrogens is 1. The van der Waals surface area contributed by atoms with Crippen LogP contribution in [-0.2, 0) is 25.4 Å². The van der Waals surface area contributed by atoms with E-state index < -0.39 is 24.3 Å². The normalized spacial score (nSPS) is 17.0. The van der Waals surface area contributed by atoms with Crippen molar-refractivity contribution in [3.05, 3.63) is 70.1 Å². The molecule has 0 unspecified atom stereocenters. The monoisotopic (exact) mass is 433 g/mol. The average Bonchev–Trinajstić information content (AvgIpc) is 2.93. The van der Waals surface area contributed by atoms with Crippen LogP contribution < -0.4 is 11.0 Å². The van der Waals surface area contributed by atoms with Gasteiger partial charge in [0.1, 0.15) is 6.61 Å². The van der Waals surface area contributed by atoms with Crippen molar-refractivity contribution < 1.29 is 18.8 Å². The third-order valence-corrected chi connectivity index (χ3v) is 6.43. The second kappa shape index (κ2) is 7.91. The molecule has 4 rings (SSSR count). The Balaban J connectivity index is 1.88. The second-order valence-corrected chi connectivity index (χ2v) is 9.30. The topological polar surface area (TPSA) is 66.8 Å². The van der Waals surface area contributed by atoms with Crippen molar-refractivity contribution in [3.8, 4) is 5.69 Å². The number of pyridine rings is 1. The third-order valence-electron chi connectivity index (χ3n) is 6.43. The van der Waals surface area contributed by atoms with E-state index in [9.17, 15) is 9.59 Å². The fourth-order valence-electron chi connectivity index (χ4n) is 3.90. The quantitative estimate of drug-likeness (QED) is 0.464. The van der Waals surface area contributed by atoms with Crippen molar-refractivity contribution in [2.45, 2.75) is 59.4 Å². The zero-order valence-electron chi connectivity index (χ0n) is 19.4. The molecule has 0 atom stereocenters.